The van der Waals surface area contributed by atoms with E-state index in [1.165, 1.54) is 0 Å². The summed E-state index contributed by atoms with van der Waals surface area (Å²) in [5.74, 6) is 1.07. The minimum atomic E-state index is 0.740. The molecule has 0 fully saturated rings. The number of imidazole rings is 1. The molecular weight excluding hydrogens is 280 g/mol. The lowest BCUT2D eigenvalue weighted by Crippen LogP contribution is -2.08. The number of thiazole rings is 1. The first-order chi connectivity index (χ1) is 10.4. The maximum absolute atomic E-state index is 4.40. The van der Waals surface area contributed by atoms with E-state index in [1.54, 1.807) is 11.3 Å². The number of aryl methyl sites for hydroxylation is 1. The number of aromatic nitrogens is 3. The smallest absolute Gasteiger partial charge is 0.128 e. The van der Waals surface area contributed by atoms with E-state index in [1.807, 2.05) is 24.0 Å². The molecule has 0 aliphatic rings. The van der Waals surface area contributed by atoms with Gasteiger partial charge < -0.3 is 9.88 Å². The predicted molar refractivity (Wildman–Crippen MR) is 87.4 cm³/mol. The van der Waals surface area contributed by atoms with E-state index in [0.717, 1.165) is 41.6 Å². The van der Waals surface area contributed by atoms with Crippen LogP contribution < -0.4 is 5.32 Å². The van der Waals surface area contributed by atoms with Gasteiger partial charge >= 0.3 is 0 Å². The highest BCUT2D eigenvalue weighted by Crippen LogP contribution is 2.23. The van der Waals surface area contributed by atoms with Gasteiger partial charge in [-0.2, -0.15) is 0 Å². The summed E-state index contributed by atoms with van der Waals surface area (Å²) in [4.78, 5) is 8.72. The highest BCUT2D eigenvalue weighted by Gasteiger charge is 2.03. The first kappa shape index (κ1) is 13.8. The second-order valence-corrected chi connectivity index (χ2v) is 5.70. The van der Waals surface area contributed by atoms with Gasteiger partial charge in [-0.3, -0.25) is 0 Å². The summed E-state index contributed by atoms with van der Waals surface area (Å²) in [5, 5.41) is 6.47. The normalized spacial score (nSPS) is 10.7. The third kappa shape index (κ3) is 3.31. The lowest BCUT2D eigenvalue weighted by atomic mass is 10.2. The molecule has 0 amide bonds. The van der Waals surface area contributed by atoms with Crippen LogP contribution in [0.4, 0.5) is 5.69 Å². The number of hydrogen-bond acceptors (Lipinski definition) is 4. The number of rotatable bonds is 6. The van der Waals surface area contributed by atoms with Gasteiger partial charge in [0.15, 0.2) is 0 Å². The van der Waals surface area contributed by atoms with Crippen LogP contribution in [0.15, 0.2) is 48.2 Å². The lowest BCUT2D eigenvalue weighted by Gasteiger charge is -2.09. The number of benzene rings is 1. The number of nitrogens with one attached hydrogen (secondary N) is 1. The zero-order valence-corrected chi connectivity index (χ0v) is 12.8. The SMILES string of the molecule is CCCn1ccnc1CNc1ccc(-c2nccs2)cc1. The molecule has 2 heterocycles. The van der Waals surface area contributed by atoms with Crippen LogP contribution in [0, 0.1) is 0 Å². The Labute approximate surface area is 128 Å². The summed E-state index contributed by atoms with van der Waals surface area (Å²) in [6, 6.07) is 8.37. The molecule has 0 saturated heterocycles. The number of anilines is 1. The van der Waals surface area contributed by atoms with Crippen LogP contribution in [0.25, 0.3) is 10.6 Å². The zero-order valence-electron chi connectivity index (χ0n) is 12.0. The highest BCUT2D eigenvalue weighted by atomic mass is 32.1. The van der Waals surface area contributed by atoms with Gasteiger partial charge in [0.1, 0.15) is 10.8 Å². The first-order valence-electron chi connectivity index (χ1n) is 7.10. The second-order valence-electron chi connectivity index (χ2n) is 4.81. The van der Waals surface area contributed by atoms with Gasteiger partial charge in [0.25, 0.3) is 0 Å². The Balaban J connectivity index is 1.64. The van der Waals surface area contributed by atoms with E-state index in [-0.39, 0.29) is 0 Å². The molecule has 0 saturated carbocycles. The van der Waals surface area contributed by atoms with Gasteiger partial charge in [-0.05, 0) is 30.7 Å². The van der Waals surface area contributed by atoms with Gasteiger partial charge in [-0.1, -0.05) is 6.92 Å². The summed E-state index contributed by atoms with van der Waals surface area (Å²) in [6.45, 7) is 3.93. The third-order valence-corrected chi connectivity index (χ3v) is 4.10. The molecule has 0 atom stereocenters. The van der Waals surface area contributed by atoms with E-state index in [0.29, 0.717) is 0 Å². The van der Waals surface area contributed by atoms with Crippen molar-refractivity contribution < 1.29 is 0 Å². The van der Waals surface area contributed by atoms with Crippen molar-refractivity contribution in [1.29, 1.82) is 0 Å². The van der Waals surface area contributed by atoms with Gasteiger partial charge in [-0.25, -0.2) is 9.97 Å². The fourth-order valence-electron chi connectivity index (χ4n) is 2.23. The molecule has 3 aromatic rings. The van der Waals surface area contributed by atoms with Crippen molar-refractivity contribution >= 4 is 17.0 Å². The Morgan fingerprint density at radius 1 is 1.14 bits per heavy atom. The minimum absolute atomic E-state index is 0.740. The fourth-order valence-corrected chi connectivity index (χ4v) is 2.87. The van der Waals surface area contributed by atoms with Crippen LogP contribution in [0.5, 0.6) is 0 Å². The summed E-state index contributed by atoms with van der Waals surface area (Å²) in [6.07, 6.45) is 6.84. The Bertz CT molecular complexity index is 671. The Morgan fingerprint density at radius 3 is 2.71 bits per heavy atom. The van der Waals surface area contributed by atoms with E-state index in [9.17, 15) is 0 Å². The molecule has 1 aromatic carbocycles. The zero-order chi connectivity index (χ0) is 14.5. The molecule has 5 heteroatoms. The van der Waals surface area contributed by atoms with E-state index in [4.69, 9.17) is 0 Å². The quantitative estimate of drug-likeness (QED) is 0.747. The largest absolute Gasteiger partial charge is 0.378 e. The standard InChI is InChI=1S/C16H18N4S/c1-2-9-20-10-7-17-15(20)12-19-14-5-3-13(4-6-14)16-18-8-11-21-16/h3-8,10-11,19H,2,9,12H2,1H3. The third-order valence-electron chi connectivity index (χ3n) is 3.28. The second kappa shape index (κ2) is 6.54. The average Bonchev–Trinajstić information content (AvgIpc) is 3.18. The highest BCUT2D eigenvalue weighted by molar-refractivity contribution is 7.13. The molecule has 0 spiro atoms. The lowest BCUT2D eigenvalue weighted by molar-refractivity contribution is 0.644. The fraction of sp³-hybridized carbons (Fsp3) is 0.250. The molecule has 0 radical (unpaired) electrons. The van der Waals surface area contributed by atoms with Crippen LogP contribution >= 0.6 is 11.3 Å². The molecule has 0 unspecified atom stereocenters. The predicted octanol–water partition coefficient (Wildman–Crippen LogP) is 4.03. The monoisotopic (exact) mass is 298 g/mol. The molecule has 21 heavy (non-hydrogen) atoms. The summed E-state index contributed by atoms with van der Waals surface area (Å²) in [5.41, 5.74) is 2.25. The van der Waals surface area contributed by atoms with Crippen molar-refractivity contribution in [3.05, 3.63) is 54.1 Å². The molecule has 3 rings (SSSR count). The molecule has 0 aliphatic carbocycles. The van der Waals surface area contributed by atoms with E-state index >= 15 is 0 Å². The van der Waals surface area contributed by atoms with Crippen LogP contribution in [-0.4, -0.2) is 14.5 Å². The van der Waals surface area contributed by atoms with Crippen molar-refractivity contribution in [3.8, 4) is 10.6 Å². The molecule has 4 nitrogen and oxygen atoms in total. The molecule has 1 N–H and O–H groups in total. The number of hydrogen-bond donors (Lipinski definition) is 1. The van der Waals surface area contributed by atoms with Crippen LogP contribution in [0.2, 0.25) is 0 Å². The average molecular weight is 298 g/mol. The van der Waals surface area contributed by atoms with Crippen molar-refractivity contribution in [3.63, 3.8) is 0 Å². The Morgan fingerprint density at radius 2 is 2.00 bits per heavy atom. The summed E-state index contributed by atoms with van der Waals surface area (Å²) in [7, 11) is 0. The summed E-state index contributed by atoms with van der Waals surface area (Å²) < 4.78 is 2.19. The van der Waals surface area contributed by atoms with Crippen molar-refractivity contribution in [2.24, 2.45) is 0 Å². The molecular formula is C16H18N4S. The molecule has 0 aliphatic heterocycles. The van der Waals surface area contributed by atoms with Crippen molar-refractivity contribution in [1.82, 2.24) is 14.5 Å². The maximum Gasteiger partial charge on any atom is 0.128 e. The van der Waals surface area contributed by atoms with Crippen LogP contribution in [0.3, 0.4) is 0 Å². The first-order valence-corrected chi connectivity index (χ1v) is 7.98. The minimum Gasteiger partial charge on any atom is -0.378 e. The maximum atomic E-state index is 4.40. The van der Waals surface area contributed by atoms with Crippen molar-refractivity contribution in [2.45, 2.75) is 26.4 Å². The number of nitrogens with zero attached hydrogens (tertiary/aromatic N) is 3. The van der Waals surface area contributed by atoms with Crippen molar-refractivity contribution in [2.75, 3.05) is 5.32 Å². The molecule has 0 bridgehead atoms. The van der Waals surface area contributed by atoms with Gasteiger partial charge in [0, 0.05) is 41.8 Å². The molecule has 2 aromatic heterocycles. The Kier molecular flexibility index (Phi) is 4.31. The molecule has 108 valence electrons. The van der Waals surface area contributed by atoms with Gasteiger partial charge in [0.05, 0.1) is 6.54 Å². The van der Waals surface area contributed by atoms with Crippen LogP contribution in [-0.2, 0) is 13.1 Å². The van der Waals surface area contributed by atoms with E-state index in [2.05, 4.69) is 51.0 Å². The topological polar surface area (TPSA) is 42.7 Å². The van der Waals surface area contributed by atoms with Gasteiger partial charge in [-0.15, -0.1) is 11.3 Å². The summed E-state index contributed by atoms with van der Waals surface area (Å²) >= 11 is 1.66. The van der Waals surface area contributed by atoms with Crippen LogP contribution in [0.1, 0.15) is 19.2 Å². The Hall–Kier alpha value is -2.14. The van der Waals surface area contributed by atoms with Gasteiger partial charge in [0.2, 0.25) is 0 Å². The van der Waals surface area contributed by atoms with E-state index < -0.39 is 0 Å².